The van der Waals surface area contributed by atoms with E-state index in [4.69, 9.17) is 0 Å². The summed E-state index contributed by atoms with van der Waals surface area (Å²) in [6.07, 6.45) is 0. The minimum Gasteiger partial charge on any atom is -3.00 e. The van der Waals surface area contributed by atoms with Crippen molar-refractivity contribution in [3.05, 3.63) is 0 Å². The molecule has 142 valence electrons. The molecule has 0 fully saturated rings. The van der Waals surface area contributed by atoms with E-state index in [0.717, 1.165) is 0 Å². The fourth-order valence-electron chi connectivity index (χ4n) is 0. The Kier molecular flexibility index (Phi) is 3170. The smallest absolute Gasteiger partial charge is 3.00 e. The predicted molar refractivity (Wildman–Crippen MR) is 123 cm³/mol. The minimum atomic E-state index is 0. The Morgan fingerprint density at radius 3 is 0.154 bits per heavy atom. The molecule has 26 heavy (non-hydrogen) atoms. The van der Waals surface area contributed by atoms with Crippen molar-refractivity contribution in [2.45, 2.75) is 0 Å². The molecule has 0 unspecified atom stereocenters. The molecule has 0 amide bonds. The molecule has 0 N–H and O–H groups in total. The van der Waals surface area contributed by atoms with Crippen LogP contribution in [-0.4, -0.2) is 244 Å². The summed E-state index contributed by atoms with van der Waals surface area (Å²) < 4.78 is 0. The third-order valence-electron chi connectivity index (χ3n) is 0. The van der Waals surface area contributed by atoms with Gasteiger partial charge >= 0.3 is 239 Å². The monoisotopic (exact) mass is 2310 g/mol. The van der Waals surface area contributed by atoms with Crippen molar-refractivity contribution in [1.82, 2.24) is 0 Å². The maximum atomic E-state index is 0. The summed E-state index contributed by atoms with van der Waals surface area (Å²) in [4.78, 5) is 0. The van der Waals surface area contributed by atoms with Crippen LogP contribution in [0.15, 0.2) is 0 Å². The first-order chi connectivity index (χ1) is 0. The van der Waals surface area contributed by atoms with Crippen LogP contribution < -0.4 is 0 Å². The van der Waals surface area contributed by atoms with Crippen LogP contribution in [0.3, 0.4) is 0 Å². The zero-order valence-electron chi connectivity index (χ0n) is 11.7. The summed E-state index contributed by atoms with van der Waals surface area (Å²) in [6.45, 7) is 0. The SMILES string of the molecule is [As-3].[As-3].[As-3].[As-3].[As-3].[As-3].[As-3].[Ga+3].[Ga+3].[Ga+3].[Ga+3].[Ga+3].[Ga+3].[Ir+4].[Ir+4].[Ir+4].[Ir+4].[Ir+4].[Ir+4].[P-3].[P-3].[P-3].[P-3].[P-3].[P-3].[P-3]. The van der Waals surface area contributed by atoms with Gasteiger partial charge in [-0.25, -0.2) is 0 Å². The fourth-order valence-corrected chi connectivity index (χ4v) is 0. The predicted octanol–water partition coefficient (Wildman–Crippen LogP) is 1.06. The van der Waals surface area contributed by atoms with Crippen molar-refractivity contribution in [3.8, 4) is 0 Å². The maximum absolute atomic E-state index is 0. The van der Waals surface area contributed by atoms with Gasteiger partial charge in [0, 0.05) is 0 Å². The molecule has 0 aliphatic heterocycles. The second kappa shape index (κ2) is 276. The largest absolute Gasteiger partial charge is 4.00 e. The van der Waals surface area contributed by atoms with E-state index in [1.54, 1.807) is 0 Å². The molecule has 0 aromatic carbocycles. The molecule has 0 aliphatic carbocycles. The molecule has 0 aromatic rings. The molecular formula is As7Ga6Ir6P7. The Morgan fingerprint density at radius 1 is 0.154 bits per heavy atom. The quantitative estimate of drug-likeness (QED) is 0.252. The third-order valence-corrected chi connectivity index (χ3v) is 0. The average Bonchev–Trinajstić information content (AvgIpc) is 0. The zero-order chi connectivity index (χ0) is 0. The van der Waals surface area contributed by atoms with Crippen molar-refractivity contribution in [3.63, 3.8) is 0 Å². The molecule has 0 bridgehead atoms. The summed E-state index contributed by atoms with van der Waals surface area (Å²) in [5.41, 5.74) is 0. The van der Waals surface area contributed by atoms with Gasteiger partial charge in [0.25, 0.3) is 0 Å². The van der Waals surface area contributed by atoms with Gasteiger partial charge in [0.15, 0.2) is 0 Å². The summed E-state index contributed by atoms with van der Waals surface area (Å²) in [5.74, 6) is 0. The van der Waals surface area contributed by atoms with Gasteiger partial charge in [-0.15, -0.1) is 0 Å². The Bertz CT molecular complexity index is 51.9. The topological polar surface area (TPSA) is 0 Å². The van der Waals surface area contributed by atoms with Crippen LogP contribution in [0.1, 0.15) is 0 Å². The summed E-state index contributed by atoms with van der Waals surface area (Å²) in [5, 5.41) is 0. The summed E-state index contributed by atoms with van der Waals surface area (Å²) in [7, 11) is 0. The van der Waals surface area contributed by atoms with E-state index < -0.39 is 0 Å². The van der Waals surface area contributed by atoms with Crippen molar-refractivity contribution < 1.29 is 121 Å². The van der Waals surface area contributed by atoms with E-state index in [0.29, 0.717) is 0 Å². The van der Waals surface area contributed by atoms with Crippen LogP contribution in [0.2, 0.25) is 0 Å². The standard InChI is InChI=1S/7As.6Ga.6Ir.7P/q7*-3;6*+3;6*+4;7*-3. The Balaban J connectivity index is 0. The van der Waals surface area contributed by atoms with Crippen molar-refractivity contribution >= 4 is 314 Å². The number of hydrogen-bond acceptors (Lipinski definition) is 0. The third kappa shape index (κ3) is 256. The van der Waals surface area contributed by atoms with E-state index in [-0.39, 0.29) is 434 Å². The van der Waals surface area contributed by atoms with Crippen molar-refractivity contribution in [2.24, 2.45) is 0 Å². The second-order valence-corrected chi connectivity index (χ2v) is 0. The molecule has 6 radical (unpaired) electrons. The van der Waals surface area contributed by atoms with Crippen LogP contribution in [0.25, 0.3) is 0 Å². The van der Waals surface area contributed by atoms with Gasteiger partial charge in [-0.1, -0.05) is 0 Å². The number of hydrogen-bond donors (Lipinski definition) is 0. The first kappa shape index (κ1) is 298. The average molecular weight is 2310 g/mol. The summed E-state index contributed by atoms with van der Waals surface area (Å²) in [6, 6.07) is 0. The molecular weight excluding hydrogens is 2310 g/mol. The van der Waals surface area contributed by atoms with E-state index >= 15 is 0 Å². The molecule has 0 atom stereocenters. The first-order valence-electron chi connectivity index (χ1n) is 0. The molecule has 0 heterocycles. The van der Waals surface area contributed by atoms with Gasteiger partial charge in [-0.3, -0.25) is 0 Å². The fraction of sp³-hybridized carbons (Fsp3) is 0. The van der Waals surface area contributed by atoms with Crippen LogP contribution >= 0.6 is 69.3 Å². The molecule has 0 spiro atoms. The minimum absolute atomic E-state index is 0. The molecule has 0 saturated carbocycles. The van der Waals surface area contributed by atoms with Crippen LogP contribution in [0.4, 0.5) is 0 Å². The van der Waals surface area contributed by atoms with E-state index in [1.807, 2.05) is 0 Å². The van der Waals surface area contributed by atoms with Gasteiger partial charge in [0.1, 0.15) is 0 Å². The molecule has 0 aromatic heterocycles. The zero-order valence-corrected chi connectivity index (χ0v) is 60.0. The normalized spacial score (nSPS) is 0. The van der Waals surface area contributed by atoms with Crippen LogP contribution in [-0.2, 0) is 121 Å². The Hall–Kier alpha value is 14.6. The molecule has 0 nitrogen and oxygen atoms in total. The summed E-state index contributed by atoms with van der Waals surface area (Å²) >= 11 is 0. The van der Waals surface area contributed by atoms with Gasteiger partial charge < -0.3 is 195 Å². The van der Waals surface area contributed by atoms with Gasteiger partial charge in [-0.05, 0) is 0 Å². The Labute approximate surface area is 424 Å². The molecule has 0 aliphatic rings. The van der Waals surface area contributed by atoms with Crippen LogP contribution in [0.5, 0.6) is 0 Å². The van der Waals surface area contributed by atoms with Gasteiger partial charge in [0.05, 0.1) is 0 Å². The van der Waals surface area contributed by atoms with Crippen LogP contribution in [0, 0.1) is 0 Å². The molecule has 0 saturated heterocycles. The van der Waals surface area contributed by atoms with Gasteiger partial charge in [0.2, 0.25) is 0 Å². The van der Waals surface area contributed by atoms with E-state index in [1.165, 1.54) is 0 Å². The van der Waals surface area contributed by atoms with E-state index in [2.05, 4.69) is 0 Å². The van der Waals surface area contributed by atoms with E-state index in [9.17, 15) is 0 Å². The second-order valence-electron chi connectivity index (χ2n) is 0. The van der Waals surface area contributed by atoms with Gasteiger partial charge in [-0.2, -0.15) is 0 Å². The molecule has 0 rings (SSSR count). The molecule has 26 heteroatoms. The van der Waals surface area contributed by atoms with Crippen molar-refractivity contribution in [2.75, 3.05) is 0 Å². The number of rotatable bonds is 0. The first-order valence-corrected chi connectivity index (χ1v) is 0. The van der Waals surface area contributed by atoms with Crippen molar-refractivity contribution in [1.29, 1.82) is 0 Å². The maximum Gasteiger partial charge on any atom is 4.00 e. The Morgan fingerprint density at radius 2 is 0.154 bits per heavy atom.